The standard InChI is InChI=1S/C16H18N2O3S2/c1-10-14(23-16(22)17-10)7-15(19)18(2)8-11-9-20-12-5-3-4-6-13(12)21-11/h3-6,11H,7-9H2,1-2H3,(H,17,22)/t11-/m0/s1. The van der Waals surface area contributed by atoms with Crippen LogP contribution >= 0.6 is 23.6 Å². The minimum absolute atomic E-state index is 0.0424. The molecular formula is C16H18N2O3S2. The van der Waals surface area contributed by atoms with Crippen molar-refractivity contribution in [3.63, 3.8) is 0 Å². The van der Waals surface area contributed by atoms with Crippen molar-refractivity contribution in [1.82, 2.24) is 9.88 Å². The van der Waals surface area contributed by atoms with E-state index in [0.29, 0.717) is 23.5 Å². The highest BCUT2D eigenvalue weighted by molar-refractivity contribution is 7.73. The zero-order chi connectivity index (χ0) is 16.4. The number of benzene rings is 1. The quantitative estimate of drug-likeness (QED) is 0.862. The molecule has 5 nitrogen and oxygen atoms in total. The summed E-state index contributed by atoms with van der Waals surface area (Å²) in [5.41, 5.74) is 0.966. The van der Waals surface area contributed by atoms with Crippen molar-refractivity contribution in [2.24, 2.45) is 0 Å². The van der Waals surface area contributed by atoms with E-state index in [4.69, 9.17) is 21.7 Å². The number of amides is 1. The van der Waals surface area contributed by atoms with Gasteiger partial charge in [-0.2, -0.15) is 0 Å². The molecule has 3 rings (SSSR count). The molecular weight excluding hydrogens is 332 g/mol. The number of hydrogen-bond acceptors (Lipinski definition) is 5. The van der Waals surface area contributed by atoms with E-state index in [0.717, 1.165) is 22.1 Å². The van der Waals surface area contributed by atoms with Crippen LogP contribution in [-0.4, -0.2) is 42.1 Å². The molecule has 0 bridgehead atoms. The Kier molecular flexibility index (Phi) is 4.68. The van der Waals surface area contributed by atoms with E-state index in [1.54, 1.807) is 11.9 Å². The average Bonchev–Trinajstić information content (AvgIpc) is 2.84. The molecule has 1 atom stereocenters. The van der Waals surface area contributed by atoms with Gasteiger partial charge in [0.25, 0.3) is 0 Å². The number of aromatic amines is 1. The van der Waals surface area contributed by atoms with Crippen LogP contribution in [0.5, 0.6) is 11.5 Å². The molecule has 7 heteroatoms. The third-order valence-electron chi connectivity index (χ3n) is 3.71. The summed E-state index contributed by atoms with van der Waals surface area (Å²) < 4.78 is 12.3. The van der Waals surface area contributed by atoms with Crippen LogP contribution < -0.4 is 9.47 Å². The second kappa shape index (κ2) is 6.72. The van der Waals surface area contributed by atoms with Crippen molar-refractivity contribution in [1.29, 1.82) is 0 Å². The van der Waals surface area contributed by atoms with Crippen LogP contribution in [0.2, 0.25) is 0 Å². The second-order valence-corrected chi connectivity index (χ2v) is 7.28. The summed E-state index contributed by atoms with van der Waals surface area (Å²) >= 11 is 6.56. The van der Waals surface area contributed by atoms with E-state index < -0.39 is 0 Å². The normalized spacial score (nSPS) is 16.2. The van der Waals surface area contributed by atoms with Gasteiger partial charge >= 0.3 is 0 Å². The molecule has 1 aromatic heterocycles. The summed E-state index contributed by atoms with van der Waals surface area (Å²) in [5.74, 6) is 1.52. The van der Waals surface area contributed by atoms with Gasteiger partial charge in [0.1, 0.15) is 6.61 Å². The van der Waals surface area contributed by atoms with Crippen LogP contribution in [0.3, 0.4) is 0 Å². The highest BCUT2D eigenvalue weighted by Crippen LogP contribution is 2.31. The summed E-state index contributed by atoms with van der Waals surface area (Å²) in [5, 5.41) is 0. The molecule has 0 spiro atoms. The van der Waals surface area contributed by atoms with Gasteiger partial charge in [-0.05, 0) is 31.3 Å². The minimum atomic E-state index is -0.163. The Bertz CT molecular complexity index is 769. The number of thiazole rings is 1. The molecule has 23 heavy (non-hydrogen) atoms. The largest absolute Gasteiger partial charge is 0.486 e. The lowest BCUT2D eigenvalue weighted by molar-refractivity contribution is -0.130. The number of carbonyl (C=O) groups is 1. The molecule has 122 valence electrons. The summed E-state index contributed by atoms with van der Waals surface area (Å²) in [7, 11) is 1.79. The Hall–Kier alpha value is -1.86. The molecule has 0 aliphatic carbocycles. The van der Waals surface area contributed by atoms with Gasteiger partial charge in [0.05, 0.1) is 13.0 Å². The zero-order valence-electron chi connectivity index (χ0n) is 13.0. The smallest absolute Gasteiger partial charge is 0.227 e. The van der Waals surface area contributed by atoms with Gasteiger partial charge in [0.15, 0.2) is 21.6 Å². The number of likely N-dealkylation sites (N-methyl/N-ethyl adjacent to an activating group) is 1. The first-order chi connectivity index (χ1) is 11.0. The molecule has 0 saturated carbocycles. The van der Waals surface area contributed by atoms with Gasteiger partial charge in [-0.1, -0.05) is 12.1 Å². The zero-order valence-corrected chi connectivity index (χ0v) is 14.6. The van der Waals surface area contributed by atoms with Crippen molar-refractivity contribution >= 4 is 29.5 Å². The maximum Gasteiger partial charge on any atom is 0.227 e. The van der Waals surface area contributed by atoms with Crippen LogP contribution in [0.15, 0.2) is 24.3 Å². The molecule has 2 heterocycles. The van der Waals surface area contributed by atoms with E-state index >= 15 is 0 Å². The molecule has 0 unspecified atom stereocenters. The van der Waals surface area contributed by atoms with E-state index in [2.05, 4.69) is 4.98 Å². The second-order valence-electron chi connectivity index (χ2n) is 5.51. The molecule has 1 aliphatic heterocycles. The number of nitrogens with zero attached hydrogens (tertiary/aromatic N) is 1. The molecule has 1 N–H and O–H groups in total. The monoisotopic (exact) mass is 350 g/mol. The number of para-hydroxylation sites is 2. The first kappa shape index (κ1) is 16.0. The molecule has 2 aromatic rings. The average molecular weight is 350 g/mol. The number of ether oxygens (including phenoxy) is 2. The van der Waals surface area contributed by atoms with E-state index in [1.807, 2.05) is 31.2 Å². The van der Waals surface area contributed by atoms with Gasteiger partial charge in [0.2, 0.25) is 5.91 Å². The fourth-order valence-corrected chi connectivity index (χ4v) is 3.72. The number of H-pyrrole nitrogens is 1. The minimum Gasteiger partial charge on any atom is -0.486 e. The molecule has 0 radical (unpaired) electrons. The van der Waals surface area contributed by atoms with E-state index in [1.165, 1.54) is 11.3 Å². The molecule has 1 aromatic carbocycles. The Balaban J connectivity index is 1.59. The molecule has 1 amide bonds. The van der Waals surface area contributed by atoms with Crippen LogP contribution in [0.1, 0.15) is 10.6 Å². The summed E-state index contributed by atoms with van der Waals surface area (Å²) in [6, 6.07) is 7.57. The van der Waals surface area contributed by atoms with Crippen molar-refractivity contribution in [3.8, 4) is 11.5 Å². The van der Waals surface area contributed by atoms with Crippen molar-refractivity contribution in [3.05, 3.63) is 38.8 Å². The number of nitrogens with one attached hydrogen (secondary N) is 1. The van der Waals surface area contributed by atoms with Gasteiger partial charge in [-0.3, -0.25) is 4.79 Å². The topological polar surface area (TPSA) is 54.6 Å². The number of carbonyl (C=O) groups excluding carboxylic acids is 1. The third kappa shape index (κ3) is 3.73. The highest BCUT2D eigenvalue weighted by atomic mass is 32.1. The highest BCUT2D eigenvalue weighted by Gasteiger charge is 2.24. The van der Waals surface area contributed by atoms with Crippen LogP contribution in [0, 0.1) is 10.9 Å². The van der Waals surface area contributed by atoms with Crippen LogP contribution in [-0.2, 0) is 11.2 Å². The van der Waals surface area contributed by atoms with Gasteiger partial charge in [-0.25, -0.2) is 0 Å². The van der Waals surface area contributed by atoms with Gasteiger partial charge in [-0.15, -0.1) is 11.3 Å². The van der Waals surface area contributed by atoms with Crippen molar-refractivity contribution < 1.29 is 14.3 Å². The van der Waals surface area contributed by atoms with Crippen molar-refractivity contribution in [2.45, 2.75) is 19.4 Å². The number of hydrogen-bond donors (Lipinski definition) is 1. The lowest BCUT2D eigenvalue weighted by Crippen LogP contribution is -2.42. The Morgan fingerprint density at radius 3 is 2.87 bits per heavy atom. The fraction of sp³-hybridized carbons (Fsp3) is 0.375. The number of rotatable bonds is 4. The molecule has 0 saturated heterocycles. The first-order valence-corrected chi connectivity index (χ1v) is 8.56. The summed E-state index contributed by atoms with van der Waals surface area (Å²) in [6.45, 7) is 2.86. The number of aryl methyl sites for hydroxylation is 1. The van der Waals surface area contributed by atoms with E-state index in [9.17, 15) is 4.79 Å². The lowest BCUT2D eigenvalue weighted by atomic mass is 10.2. The van der Waals surface area contributed by atoms with Crippen LogP contribution in [0.25, 0.3) is 0 Å². The Labute approximate surface area is 143 Å². The third-order valence-corrected chi connectivity index (χ3v) is 5.04. The Morgan fingerprint density at radius 1 is 1.43 bits per heavy atom. The maximum absolute atomic E-state index is 12.4. The number of aromatic nitrogens is 1. The first-order valence-electron chi connectivity index (χ1n) is 7.34. The molecule has 0 fully saturated rings. The number of fused-ring (bicyclic) bond motifs is 1. The van der Waals surface area contributed by atoms with Crippen molar-refractivity contribution in [2.75, 3.05) is 20.2 Å². The summed E-state index contributed by atoms with van der Waals surface area (Å²) in [4.78, 5) is 18.1. The predicted octanol–water partition coefficient (Wildman–Crippen LogP) is 2.96. The summed E-state index contributed by atoms with van der Waals surface area (Å²) in [6.07, 6.45) is 0.189. The predicted molar refractivity (Wildman–Crippen MR) is 91.9 cm³/mol. The van der Waals surface area contributed by atoms with Gasteiger partial charge < -0.3 is 19.4 Å². The van der Waals surface area contributed by atoms with E-state index in [-0.39, 0.29) is 12.0 Å². The Morgan fingerprint density at radius 2 is 2.17 bits per heavy atom. The lowest BCUT2D eigenvalue weighted by Gasteiger charge is -2.29. The fourth-order valence-electron chi connectivity index (χ4n) is 2.44. The SMILES string of the molecule is Cc1[nH]c(=S)sc1CC(=O)N(C)C[C@H]1COc2ccccc2O1. The maximum atomic E-state index is 12.4. The van der Waals surface area contributed by atoms with Crippen LogP contribution in [0.4, 0.5) is 0 Å². The van der Waals surface area contributed by atoms with Gasteiger partial charge in [0, 0.05) is 17.6 Å². The molecule has 1 aliphatic rings.